The van der Waals surface area contributed by atoms with E-state index in [1.807, 2.05) is 18.4 Å². The third-order valence-electron chi connectivity index (χ3n) is 4.65. The molecule has 11 heteroatoms. The van der Waals surface area contributed by atoms with Crippen molar-refractivity contribution in [3.8, 4) is 10.9 Å². The molecule has 0 fully saturated rings. The van der Waals surface area contributed by atoms with Crippen molar-refractivity contribution >= 4 is 38.2 Å². The predicted octanol–water partition coefficient (Wildman–Crippen LogP) is 1.41. The summed E-state index contributed by atoms with van der Waals surface area (Å²) in [6.45, 7) is 1.86. The van der Waals surface area contributed by atoms with Crippen LogP contribution in [0.3, 0.4) is 0 Å². The first-order valence-corrected chi connectivity index (χ1v) is 11.6. The van der Waals surface area contributed by atoms with Crippen molar-refractivity contribution in [2.45, 2.75) is 13.3 Å². The molecule has 4 aromatic rings. The van der Waals surface area contributed by atoms with Crippen LogP contribution in [0.5, 0.6) is 10.9 Å². The van der Waals surface area contributed by atoms with E-state index < -0.39 is 15.8 Å². The van der Waals surface area contributed by atoms with Gasteiger partial charge in [0, 0.05) is 35.0 Å². The van der Waals surface area contributed by atoms with Gasteiger partial charge in [-0.05, 0) is 37.2 Å². The SMILES string of the molecule is CNS(=O)(=O)[N-]c1cccc(Cc2c(C)c3ccc(Oc4nccs4)cc3oc2=O)c1.[K+]. The second-order valence-electron chi connectivity index (χ2n) is 6.67. The van der Waals surface area contributed by atoms with Crippen molar-refractivity contribution in [2.24, 2.45) is 0 Å². The summed E-state index contributed by atoms with van der Waals surface area (Å²) in [6, 6.07) is 12.0. The Morgan fingerprint density at radius 1 is 1.22 bits per heavy atom. The molecule has 0 unspecified atom stereocenters. The van der Waals surface area contributed by atoms with Crippen molar-refractivity contribution in [3.63, 3.8) is 0 Å². The Bertz CT molecular complexity index is 1400. The Labute approximate surface area is 231 Å². The molecule has 0 saturated carbocycles. The first-order valence-electron chi connectivity index (χ1n) is 9.24. The third kappa shape index (κ3) is 5.86. The van der Waals surface area contributed by atoms with Gasteiger partial charge >= 0.3 is 57.0 Å². The van der Waals surface area contributed by atoms with Crippen LogP contribution in [0, 0.1) is 6.92 Å². The molecule has 0 spiro atoms. The van der Waals surface area contributed by atoms with Gasteiger partial charge in [0.15, 0.2) is 10.2 Å². The fourth-order valence-corrected chi connectivity index (χ4v) is 4.10. The number of aryl methyl sites for hydroxylation is 1. The van der Waals surface area contributed by atoms with E-state index >= 15 is 0 Å². The minimum Gasteiger partial charge on any atom is -0.564 e. The minimum atomic E-state index is -3.75. The molecule has 0 aliphatic rings. The summed E-state index contributed by atoms with van der Waals surface area (Å²) in [5.41, 5.74) is 2.27. The molecular formula is C21H18KN3O5S2. The van der Waals surface area contributed by atoms with Gasteiger partial charge in [0.05, 0.1) is 0 Å². The van der Waals surface area contributed by atoms with E-state index in [-0.39, 0.29) is 63.5 Å². The quantitative estimate of drug-likeness (QED) is 0.307. The van der Waals surface area contributed by atoms with Gasteiger partial charge in [-0.15, -0.1) is 5.69 Å². The molecule has 0 radical (unpaired) electrons. The minimum absolute atomic E-state index is 0. The van der Waals surface area contributed by atoms with E-state index in [4.69, 9.17) is 9.15 Å². The maximum Gasteiger partial charge on any atom is 1.00 e. The summed E-state index contributed by atoms with van der Waals surface area (Å²) in [5.74, 6) is 0.526. The van der Waals surface area contributed by atoms with Crippen LogP contribution in [0.1, 0.15) is 16.7 Å². The number of nitrogens with one attached hydrogen (secondary N) is 1. The van der Waals surface area contributed by atoms with Gasteiger partial charge in [-0.3, -0.25) is 0 Å². The van der Waals surface area contributed by atoms with Gasteiger partial charge in [0.2, 0.25) is 0 Å². The van der Waals surface area contributed by atoms with Crippen LogP contribution >= 0.6 is 11.3 Å². The zero-order valence-corrected chi connectivity index (χ0v) is 22.4. The maximum atomic E-state index is 12.7. The van der Waals surface area contributed by atoms with Crippen molar-refractivity contribution in [2.75, 3.05) is 7.05 Å². The molecular weight excluding hydrogens is 477 g/mol. The van der Waals surface area contributed by atoms with Crippen molar-refractivity contribution in [3.05, 3.63) is 85.9 Å². The number of benzene rings is 2. The van der Waals surface area contributed by atoms with E-state index in [0.29, 0.717) is 22.1 Å². The average Bonchev–Trinajstić information content (AvgIpc) is 3.24. The van der Waals surface area contributed by atoms with Crippen molar-refractivity contribution < 1.29 is 69.0 Å². The molecule has 160 valence electrons. The van der Waals surface area contributed by atoms with Gasteiger partial charge in [0.1, 0.15) is 11.3 Å². The summed E-state index contributed by atoms with van der Waals surface area (Å²) in [4.78, 5) is 16.8. The first kappa shape index (κ1) is 25.1. The van der Waals surface area contributed by atoms with Crippen molar-refractivity contribution in [1.29, 1.82) is 0 Å². The normalized spacial score (nSPS) is 11.2. The Hall–Kier alpha value is -1.57. The molecule has 0 atom stereocenters. The number of aromatic nitrogens is 1. The molecule has 0 aliphatic carbocycles. The monoisotopic (exact) mass is 495 g/mol. The summed E-state index contributed by atoms with van der Waals surface area (Å²) in [7, 11) is -2.46. The molecule has 2 aromatic carbocycles. The molecule has 0 aliphatic heterocycles. The molecule has 8 nitrogen and oxygen atoms in total. The number of thiazole rings is 1. The van der Waals surface area contributed by atoms with Crippen LogP contribution in [0.15, 0.2) is 63.3 Å². The number of ether oxygens (including phenoxy) is 1. The second kappa shape index (κ2) is 10.6. The van der Waals surface area contributed by atoms with E-state index in [9.17, 15) is 13.2 Å². The van der Waals surface area contributed by atoms with E-state index in [0.717, 1.165) is 16.5 Å². The zero-order valence-electron chi connectivity index (χ0n) is 17.7. The van der Waals surface area contributed by atoms with Gasteiger partial charge < -0.3 is 13.9 Å². The average molecular weight is 496 g/mol. The Balaban J connectivity index is 0.00000289. The summed E-state index contributed by atoms with van der Waals surface area (Å²) < 4.78 is 40.4. The topological polar surface area (TPSA) is 113 Å². The number of hydrogen-bond acceptors (Lipinski definition) is 7. The Morgan fingerprint density at radius 2 is 2.03 bits per heavy atom. The van der Waals surface area contributed by atoms with Crippen LogP contribution < -0.4 is 66.5 Å². The van der Waals surface area contributed by atoms with Crippen LogP contribution in [0.4, 0.5) is 5.69 Å². The summed E-state index contributed by atoms with van der Waals surface area (Å²) >= 11 is 1.36. The fraction of sp³-hybridized carbons (Fsp3) is 0.143. The van der Waals surface area contributed by atoms with E-state index in [2.05, 4.69) is 14.4 Å². The Morgan fingerprint density at radius 3 is 2.75 bits per heavy atom. The largest absolute Gasteiger partial charge is 1.00 e. The Kier molecular flexibility index (Phi) is 8.28. The van der Waals surface area contributed by atoms with Gasteiger partial charge in [-0.2, -0.15) is 0 Å². The van der Waals surface area contributed by atoms with Crippen LogP contribution in [0.25, 0.3) is 15.7 Å². The molecule has 32 heavy (non-hydrogen) atoms. The van der Waals surface area contributed by atoms with Gasteiger partial charge in [0.25, 0.3) is 5.19 Å². The fourth-order valence-electron chi connectivity index (χ4n) is 3.12. The predicted molar refractivity (Wildman–Crippen MR) is 120 cm³/mol. The van der Waals surface area contributed by atoms with Crippen LogP contribution in [-0.4, -0.2) is 20.4 Å². The molecule has 4 rings (SSSR count). The van der Waals surface area contributed by atoms with Gasteiger partial charge in [-0.1, -0.05) is 35.6 Å². The summed E-state index contributed by atoms with van der Waals surface area (Å²) in [5, 5.41) is 3.10. The number of fused-ring (bicyclic) bond motifs is 1. The molecule has 2 heterocycles. The summed E-state index contributed by atoms with van der Waals surface area (Å²) in [6.07, 6.45) is 1.93. The number of nitrogens with zero attached hydrogens (tertiary/aromatic N) is 2. The standard InChI is InChI=1S/C21H18N3O5S2.K/c1-13-17-7-6-16(28-21-23-8-9-30-21)12-19(17)29-20(25)18(13)11-14-4-3-5-15(10-14)24-31(26,27)22-2;/h3-10,12,22H,11H2,1-2H3;/q-1;+1. The molecule has 2 aromatic heterocycles. The molecule has 0 bridgehead atoms. The van der Waals surface area contributed by atoms with E-state index in [1.165, 1.54) is 18.4 Å². The molecule has 1 N–H and O–H groups in total. The van der Waals surface area contributed by atoms with Gasteiger partial charge in [-0.25, -0.2) is 22.9 Å². The first-order chi connectivity index (χ1) is 14.8. The van der Waals surface area contributed by atoms with Crippen LogP contribution in [-0.2, 0) is 16.6 Å². The third-order valence-corrected chi connectivity index (χ3v) is 6.26. The maximum absolute atomic E-state index is 12.7. The van der Waals surface area contributed by atoms with Crippen LogP contribution in [0.2, 0.25) is 0 Å². The smallest absolute Gasteiger partial charge is 0.564 e. The number of rotatable bonds is 7. The molecule has 0 saturated heterocycles. The van der Waals surface area contributed by atoms with Crippen molar-refractivity contribution in [1.82, 2.24) is 9.71 Å². The van der Waals surface area contributed by atoms with E-state index in [1.54, 1.807) is 42.6 Å². The second-order valence-corrected chi connectivity index (χ2v) is 9.07. The molecule has 0 amide bonds. The number of hydrogen-bond donors (Lipinski definition) is 1. The zero-order chi connectivity index (χ0) is 22.0.